The minimum atomic E-state index is -0.680. The predicted molar refractivity (Wildman–Crippen MR) is 82.2 cm³/mol. The van der Waals surface area contributed by atoms with Gasteiger partial charge in [-0.05, 0) is 43.7 Å². The van der Waals surface area contributed by atoms with Crippen molar-refractivity contribution in [3.63, 3.8) is 0 Å². The lowest BCUT2D eigenvalue weighted by Gasteiger charge is -2.14. The van der Waals surface area contributed by atoms with Gasteiger partial charge in [0.05, 0.1) is 11.6 Å². The number of nitrogens with zero attached hydrogens (tertiary/aromatic N) is 1. The molecule has 0 amide bonds. The van der Waals surface area contributed by atoms with Crippen molar-refractivity contribution < 1.29 is 14.3 Å². The average molecular weight is 295 g/mol. The SMILES string of the molecule is Cc1ccc(O[C@H](C)C(=O)OCc2ccc(C#N)cc2)cc1. The molecule has 2 rings (SSSR count). The first-order valence-corrected chi connectivity index (χ1v) is 6.97. The van der Waals surface area contributed by atoms with Crippen LogP contribution < -0.4 is 4.74 Å². The number of rotatable bonds is 5. The largest absolute Gasteiger partial charge is 0.479 e. The van der Waals surface area contributed by atoms with E-state index in [1.54, 1.807) is 31.2 Å². The smallest absolute Gasteiger partial charge is 0.347 e. The highest BCUT2D eigenvalue weighted by atomic mass is 16.6. The molecule has 0 spiro atoms. The molecule has 0 N–H and O–H groups in total. The molecule has 0 saturated heterocycles. The van der Waals surface area contributed by atoms with Crippen molar-refractivity contribution in [2.45, 2.75) is 26.6 Å². The summed E-state index contributed by atoms with van der Waals surface area (Å²) in [5, 5.41) is 8.72. The van der Waals surface area contributed by atoms with Crippen LogP contribution in [0.3, 0.4) is 0 Å². The number of hydrogen-bond acceptors (Lipinski definition) is 4. The van der Waals surface area contributed by atoms with Crippen molar-refractivity contribution in [3.05, 3.63) is 65.2 Å². The Balaban J connectivity index is 1.85. The number of hydrogen-bond donors (Lipinski definition) is 0. The van der Waals surface area contributed by atoms with Crippen molar-refractivity contribution >= 4 is 5.97 Å². The lowest BCUT2D eigenvalue weighted by Crippen LogP contribution is -2.26. The van der Waals surface area contributed by atoms with Gasteiger partial charge < -0.3 is 9.47 Å². The standard InChI is InChI=1S/C18H17NO3/c1-13-3-9-17(10-4-13)22-14(2)18(20)21-12-16-7-5-15(11-19)6-8-16/h3-10,14H,12H2,1-2H3/t14-/m1/s1. The normalized spacial score (nSPS) is 11.3. The predicted octanol–water partition coefficient (Wildman–Crippen LogP) is 3.38. The summed E-state index contributed by atoms with van der Waals surface area (Å²) >= 11 is 0. The van der Waals surface area contributed by atoms with Gasteiger partial charge in [-0.15, -0.1) is 0 Å². The van der Waals surface area contributed by atoms with E-state index in [-0.39, 0.29) is 6.61 Å². The minimum absolute atomic E-state index is 0.159. The summed E-state index contributed by atoms with van der Waals surface area (Å²) in [7, 11) is 0. The van der Waals surface area contributed by atoms with Crippen LogP contribution in [0.15, 0.2) is 48.5 Å². The lowest BCUT2D eigenvalue weighted by atomic mass is 10.2. The van der Waals surface area contributed by atoms with Gasteiger partial charge >= 0.3 is 5.97 Å². The monoisotopic (exact) mass is 295 g/mol. The van der Waals surface area contributed by atoms with E-state index in [1.165, 1.54) is 0 Å². The van der Waals surface area contributed by atoms with E-state index in [9.17, 15) is 4.79 Å². The van der Waals surface area contributed by atoms with Crippen LogP contribution in [0.1, 0.15) is 23.6 Å². The molecular weight excluding hydrogens is 278 g/mol. The van der Waals surface area contributed by atoms with Gasteiger partial charge in [-0.3, -0.25) is 0 Å². The van der Waals surface area contributed by atoms with Crippen LogP contribution in [0.4, 0.5) is 0 Å². The van der Waals surface area contributed by atoms with Gasteiger partial charge in [-0.1, -0.05) is 29.8 Å². The molecule has 0 bridgehead atoms. The second-order valence-corrected chi connectivity index (χ2v) is 4.99. The number of carbonyl (C=O) groups is 1. The molecule has 0 radical (unpaired) electrons. The van der Waals surface area contributed by atoms with Crippen LogP contribution in [-0.4, -0.2) is 12.1 Å². The van der Waals surface area contributed by atoms with Crippen LogP contribution in [0.2, 0.25) is 0 Å². The Kier molecular flexibility index (Phi) is 5.16. The fraction of sp³-hybridized carbons (Fsp3) is 0.222. The van der Waals surface area contributed by atoms with Crippen LogP contribution >= 0.6 is 0 Å². The Hall–Kier alpha value is -2.80. The van der Waals surface area contributed by atoms with Crippen molar-refractivity contribution in [1.82, 2.24) is 0 Å². The average Bonchev–Trinajstić information content (AvgIpc) is 2.55. The lowest BCUT2D eigenvalue weighted by molar-refractivity contribution is -0.152. The number of ether oxygens (including phenoxy) is 2. The summed E-state index contributed by atoms with van der Waals surface area (Å²) in [6.45, 7) is 3.80. The van der Waals surface area contributed by atoms with Gasteiger partial charge in [0.15, 0.2) is 6.10 Å². The topological polar surface area (TPSA) is 59.3 Å². The summed E-state index contributed by atoms with van der Waals surface area (Å²) in [5.41, 5.74) is 2.53. The molecule has 0 unspecified atom stereocenters. The Labute approximate surface area is 129 Å². The Bertz CT molecular complexity index is 669. The van der Waals surface area contributed by atoms with E-state index < -0.39 is 12.1 Å². The van der Waals surface area contributed by atoms with E-state index in [0.717, 1.165) is 11.1 Å². The molecule has 0 aliphatic carbocycles. The molecule has 4 heteroatoms. The Morgan fingerprint density at radius 1 is 1.14 bits per heavy atom. The van der Waals surface area contributed by atoms with Crippen molar-refractivity contribution in [2.24, 2.45) is 0 Å². The van der Waals surface area contributed by atoms with E-state index >= 15 is 0 Å². The summed E-state index contributed by atoms with van der Waals surface area (Å²) in [6.07, 6.45) is -0.680. The summed E-state index contributed by atoms with van der Waals surface area (Å²) < 4.78 is 10.8. The number of esters is 1. The highest BCUT2D eigenvalue weighted by Crippen LogP contribution is 2.14. The van der Waals surface area contributed by atoms with Gasteiger partial charge in [-0.2, -0.15) is 5.26 Å². The van der Waals surface area contributed by atoms with E-state index in [0.29, 0.717) is 11.3 Å². The van der Waals surface area contributed by atoms with Crippen LogP contribution in [-0.2, 0) is 16.1 Å². The Morgan fingerprint density at radius 3 is 2.36 bits per heavy atom. The zero-order valence-corrected chi connectivity index (χ0v) is 12.6. The second kappa shape index (κ2) is 7.28. The fourth-order valence-electron chi connectivity index (χ4n) is 1.82. The molecule has 0 aromatic heterocycles. The fourth-order valence-corrected chi connectivity index (χ4v) is 1.82. The van der Waals surface area contributed by atoms with Gasteiger partial charge in [-0.25, -0.2) is 4.79 Å². The number of nitriles is 1. The maximum absolute atomic E-state index is 11.9. The van der Waals surface area contributed by atoms with E-state index in [1.807, 2.05) is 37.3 Å². The summed E-state index contributed by atoms with van der Waals surface area (Å²) in [6, 6.07) is 16.4. The zero-order valence-electron chi connectivity index (χ0n) is 12.6. The van der Waals surface area contributed by atoms with Gasteiger partial charge in [0.2, 0.25) is 0 Å². The summed E-state index contributed by atoms with van der Waals surface area (Å²) in [4.78, 5) is 11.9. The highest BCUT2D eigenvalue weighted by Gasteiger charge is 2.16. The number of aryl methyl sites for hydroxylation is 1. The second-order valence-electron chi connectivity index (χ2n) is 4.99. The third kappa shape index (κ3) is 4.35. The first kappa shape index (κ1) is 15.6. The first-order valence-electron chi connectivity index (χ1n) is 6.97. The first-order chi connectivity index (χ1) is 10.6. The number of carbonyl (C=O) groups excluding carboxylic acids is 1. The quantitative estimate of drug-likeness (QED) is 0.793. The van der Waals surface area contributed by atoms with Gasteiger partial charge in [0.1, 0.15) is 12.4 Å². The van der Waals surface area contributed by atoms with Crippen LogP contribution in [0, 0.1) is 18.3 Å². The van der Waals surface area contributed by atoms with E-state index in [4.69, 9.17) is 14.7 Å². The maximum Gasteiger partial charge on any atom is 0.347 e. The molecule has 2 aromatic carbocycles. The maximum atomic E-state index is 11.9. The summed E-state index contributed by atoms with van der Waals surface area (Å²) in [5.74, 6) is 0.207. The van der Waals surface area contributed by atoms with Gasteiger partial charge in [0, 0.05) is 0 Å². The van der Waals surface area contributed by atoms with Crippen molar-refractivity contribution in [3.8, 4) is 11.8 Å². The molecule has 4 nitrogen and oxygen atoms in total. The van der Waals surface area contributed by atoms with Crippen LogP contribution in [0.25, 0.3) is 0 Å². The van der Waals surface area contributed by atoms with Gasteiger partial charge in [0.25, 0.3) is 0 Å². The molecular formula is C18H17NO3. The molecule has 2 aromatic rings. The van der Waals surface area contributed by atoms with Crippen molar-refractivity contribution in [1.29, 1.82) is 5.26 Å². The molecule has 0 saturated carbocycles. The third-order valence-electron chi connectivity index (χ3n) is 3.13. The Morgan fingerprint density at radius 2 is 1.77 bits per heavy atom. The van der Waals surface area contributed by atoms with E-state index in [2.05, 4.69) is 0 Å². The highest BCUT2D eigenvalue weighted by molar-refractivity contribution is 5.74. The molecule has 0 fully saturated rings. The molecule has 112 valence electrons. The number of benzene rings is 2. The molecule has 1 atom stereocenters. The van der Waals surface area contributed by atoms with Crippen molar-refractivity contribution in [2.75, 3.05) is 0 Å². The third-order valence-corrected chi connectivity index (χ3v) is 3.13. The molecule has 22 heavy (non-hydrogen) atoms. The molecule has 0 aliphatic heterocycles. The van der Waals surface area contributed by atoms with Crippen LogP contribution in [0.5, 0.6) is 5.75 Å². The minimum Gasteiger partial charge on any atom is -0.479 e. The molecule has 0 heterocycles. The molecule has 0 aliphatic rings. The zero-order chi connectivity index (χ0) is 15.9.